The molecule has 1 heterocycles. The molecule has 11 heavy (non-hydrogen) atoms. The van der Waals surface area contributed by atoms with Crippen molar-refractivity contribution in [2.75, 3.05) is 6.61 Å². The van der Waals surface area contributed by atoms with Crippen LogP contribution >= 0.6 is 0 Å². The number of Topliss-reactive ketones (excluding diaryl/α,β-unsaturated/α-hetero) is 1. The molecule has 2 nitrogen and oxygen atoms in total. The lowest BCUT2D eigenvalue weighted by molar-refractivity contribution is -0.131. The average molecular weight is 156 g/mol. The maximum atomic E-state index is 11.6. The van der Waals surface area contributed by atoms with E-state index in [1.807, 2.05) is 27.7 Å². The zero-order chi connectivity index (χ0) is 8.65. The Balaban J connectivity index is 2.62. The number of rotatable bonds is 3. The second-order valence-electron chi connectivity index (χ2n) is 4.06. The number of epoxide rings is 1. The van der Waals surface area contributed by atoms with Crippen LogP contribution in [0.5, 0.6) is 0 Å². The molecule has 0 radical (unpaired) electrons. The normalized spacial score (nSPS) is 23.9. The molecule has 0 aliphatic carbocycles. The van der Waals surface area contributed by atoms with Crippen molar-refractivity contribution in [3.05, 3.63) is 0 Å². The number of ether oxygens (including phenoxy) is 1. The van der Waals surface area contributed by atoms with E-state index in [1.165, 1.54) is 0 Å². The number of hydrogen-bond donors (Lipinski definition) is 0. The molecule has 0 bridgehead atoms. The Morgan fingerprint density at radius 2 is 2.00 bits per heavy atom. The van der Waals surface area contributed by atoms with Gasteiger partial charge in [-0.25, -0.2) is 0 Å². The van der Waals surface area contributed by atoms with Gasteiger partial charge in [-0.15, -0.1) is 0 Å². The SMILES string of the molecule is CC(C)C(=O)C(C)(C)C1CO1. The fourth-order valence-electron chi connectivity index (χ4n) is 1.37. The minimum absolute atomic E-state index is 0.120. The van der Waals surface area contributed by atoms with Crippen molar-refractivity contribution in [3.8, 4) is 0 Å². The van der Waals surface area contributed by atoms with E-state index >= 15 is 0 Å². The minimum atomic E-state index is -0.270. The van der Waals surface area contributed by atoms with Crippen LogP contribution in [0.25, 0.3) is 0 Å². The van der Waals surface area contributed by atoms with Crippen molar-refractivity contribution in [1.29, 1.82) is 0 Å². The molecule has 1 rings (SSSR count). The van der Waals surface area contributed by atoms with Crippen LogP contribution in [-0.2, 0) is 9.53 Å². The van der Waals surface area contributed by atoms with Crippen LogP contribution in [0.15, 0.2) is 0 Å². The van der Waals surface area contributed by atoms with Crippen molar-refractivity contribution in [3.63, 3.8) is 0 Å². The van der Waals surface area contributed by atoms with Crippen LogP contribution in [0.3, 0.4) is 0 Å². The summed E-state index contributed by atoms with van der Waals surface area (Å²) < 4.78 is 5.12. The van der Waals surface area contributed by atoms with Crippen molar-refractivity contribution < 1.29 is 9.53 Å². The van der Waals surface area contributed by atoms with Gasteiger partial charge in [0.15, 0.2) is 0 Å². The van der Waals surface area contributed by atoms with Crippen molar-refractivity contribution >= 4 is 5.78 Å². The highest BCUT2D eigenvalue weighted by molar-refractivity contribution is 5.86. The smallest absolute Gasteiger partial charge is 0.143 e. The van der Waals surface area contributed by atoms with E-state index < -0.39 is 0 Å². The average Bonchev–Trinajstić information content (AvgIpc) is 2.66. The van der Waals surface area contributed by atoms with Gasteiger partial charge in [-0.1, -0.05) is 27.7 Å². The number of carbonyl (C=O) groups excluding carboxylic acids is 1. The van der Waals surface area contributed by atoms with Crippen LogP contribution in [0, 0.1) is 11.3 Å². The molecular weight excluding hydrogens is 140 g/mol. The van der Waals surface area contributed by atoms with Crippen LogP contribution < -0.4 is 0 Å². The Bertz CT molecular complexity index is 166. The molecule has 1 aliphatic heterocycles. The van der Waals surface area contributed by atoms with Crippen molar-refractivity contribution in [2.45, 2.75) is 33.8 Å². The third-order valence-electron chi connectivity index (χ3n) is 2.30. The third kappa shape index (κ3) is 1.62. The first-order chi connectivity index (χ1) is 4.96. The fourth-order valence-corrected chi connectivity index (χ4v) is 1.37. The molecule has 0 aromatic carbocycles. The van der Waals surface area contributed by atoms with Gasteiger partial charge in [0.05, 0.1) is 18.1 Å². The monoisotopic (exact) mass is 156 g/mol. The number of ketones is 1. The van der Waals surface area contributed by atoms with Crippen molar-refractivity contribution in [2.24, 2.45) is 11.3 Å². The predicted octanol–water partition coefficient (Wildman–Crippen LogP) is 1.64. The maximum Gasteiger partial charge on any atom is 0.143 e. The highest BCUT2D eigenvalue weighted by Gasteiger charge is 2.45. The lowest BCUT2D eigenvalue weighted by Crippen LogP contribution is -2.33. The van der Waals surface area contributed by atoms with E-state index in [2.05, 4.69) is 0 Å². The van der Waals surface area contributed by atoms with Gasteiger partial charge in [0.25, 0.3) is 0 Å². The summed E-state index contributed by atoms with van der Waals surface area (Å²) in [5.41, 5.74) is -0.270. The van der Waals surface area contributed by atoms with E-state index in [0.717, 1.165) is 6.61 Å². The Morgan fingerprint density at radius 1 is 1.55 bits per heavy atom. The highest BCUT2D eigenvalue weighted by atomic mass is 16.6. The summed E-state index contributed by atoms with van der Waals surface area (Å²) in [7, 11) is 0. The standard InChI is InChI=1S/C9H16O2/c1-6(2)8(10)9(3,4)7-5-11-7/h6-7H,5H2,1-4H3. The summed E-state index contributed by atoms with van der Waals surface area (Å²) in [4.78, 5) is 11.6. The number of hydrogen-bond acceptors (Lipinski definition) is 2. The fraction of sp³-hybridized carbons (Fsp3) is 0.889. The minimum Gasteiger partial charge on any atom is -0.372 e. The second kappa shape index (κ2) is 2.59. The van der Waals surface area contributed by atoms with E-state index in [1.54, 1.807) is 0 Å². The summed E-state index contributed by atoms with van der Waals surface area (Å²) >= 11 is 0. The van der Waals surface area contributed by atoms with Crippen LogP contribution in [0.2, 0.25) is 0 Å². The molecule has 1 unspecified atom stereocenters. The second-order valence-corrected chi connectivity index (χ2v) is 4.06. The van der Waals surface area contributed by atoms with E-state index in [9.17, 15) is 4.79 Å². The van der Waals surface area contributed by atoms with Gasteiger partial charge in [0, 0.05) is 5.92 Å². The summed E-state index contributed by atoms with van der Waals surface area (Å²) in [6.45, 7) is 8.56. The first-order valence-electron chi connectivity index (χ1n) is 4.12. The topological polar surface area (TPSA) is 29.6 Å². The van der Waals surface area contributed by atoms with Gasteiger partial charge in [-0.05, 0) is 0 Å². The lowest BCUT2D eigenvalue weighted by atomic mass is 9.80. The molecule has 2 heteroatoms. The Morgan fingerprint density at radius 3 is 2.27 bits per heavy atom. The zero-order valence-corrected chi connectivity index (χ0v) is 7.68. The Kier molecular flexibility index (Phi) is 2.06. The van der Waals surface area contributed by atoms with Crippen LogP contribution in [0.1, 0.15) is 27.7 Å². The molecule has 1 saturated heterocycles. The molecule has 0 spiro atoms. The molecular formula is C9H16O2. The summed E-state index contributed by atoms with van der Waals surface area (Å²) in [5, 5.41) is 0. The molecule has 1 aliphatic rings. The quantitative estimate of drug-likeness (QED) is 0.581. The predicted molar refractivity (Wildman–Crippen MR) is 43.4 cm³/mol. The molecule has 1 atom stereocenters. The van der Waals surface area contributed by atoms with Crippen LogP contribution in [-0.4, -0.2) is 18.5 Å². The van der Waals surface area contributed by atoms with Gasteiger partial charge in [-0.2, -0.15) is 0 Å². The summed E-state index contributed by atoms with van der Waals surface area (Å²) in [5.74, 6) is 0.425. The zero-order valence-electron chi connectivity index (χ0n) is 7.68. The molecule has 0 N–H and O–H groups in total. The van der Waals surface area contributed by atoms with Gasteiger partial charge in [-0.3, -0.25) is 4.79 Å². The lowest BCUT2D eigenvalue weighted by Gasteiger charge is -2.22. The van der Waals surface area contributed by atoms with Crippen molar-refractivity contribution in [1.82, 2.24) is 0 Å². The summed E-state index contributed by atoms with van der Waals surface area (Å²) in [6.07, 6.45) is 0.178. The Labute approximate surface area is 67.9 Å². The largest absolute Gasteiger partial charge is 0.372 e. The molecule has 0 aromatic heterocycles. The first-order valence-corrected chi connectivity index (χ1v) is 4.12. The van der Waals surface area contributed by atoms with Gasteiger partial charge in [0.2, 0.25) is 0 Å². The van der Waals surface area contributed by atoms with E-state index in [4.69, 9.17) is 4.74 Å². The van der Waals surface area contributed by atoms with E-state index in [0.29, 0.717) is 5.78 Å². The Hall–Kier alpha value is -0.370. The van der Waals surface area contributed by atoms with Gasteiger partial charge in [0.1, 0.15) is 5.78 Å². The molecule has 1 fully saturated rings. The van der Waals surface area contributed by atoms with Gasteiger partial charge < -0.3 is 4.74 Å². The summed E-state index contributed by atoms with van der Waals surface area (Å²) in [6, 6.07) is 0. The molecule has 0 amide bonds. The molecule has 0 aromatic rings. The molecule has 0 saturated carbocycles. The third-order valence-corrected chi connectivity index (χ3v) is 2.30. The van der Waals surface area contributed by atoms with Crippen LogP contribution in [0.4, 0.5) is 0 Å². The van der Waals surface area contributed by atoms with Gasteiger partial charge >= 0.3 is 0 Å². The maximum absolute atomic E-state index is 11.6. The first kappa shape index (κ1) is 8.72. The number of carbonyl (C=O) groups is 1. The van der Waals surface area contributed by atoms with E-state index in [-0.39, 0.29) is 17.4 Å². The highest BCUT2D eigenvalue weighted by Crippen LogP contribution is 2.34. The molecule has 64 valence electrons.